The van der Waals surface area contributed by atoms with E-state index in [2.05, 4.69) is 11.4 Å². The van der Waals surface area contributed by atoms with Crippen molar-refractivity contribution in [2.75, 3.05) is 0 Å². The van der Waals surface area contributed by atoms with Crippen molar-refractivity contribution in [2.45, 2.75) is 45.6 Å². The van der Waals surface area contributed by atoms with Crippen molar-refractivity contribution in [1.82, 2.24) is 5.32 Å². The van der Waals surface area contributed by atoms with E-state index >= 15 is 0 Å². The van der Waals surface area contributed by atoms with Gasteiger partial charge in [-0.3, -0.25) is 9.59 Å². The first kappa shape index (κ1) is 14.0. The monoisotopic (exact) mass is 277 g/mol. The normalized spacial score (nSPS) is 16.6. The summed E-state index contributed by atoms with van der Waals surface area (Å²) < 4.78 is 0. The number of ketones is 1. The Bertz CT molecular complexity index is 516. The first-order chi connectivity index (χ1) is 9.08. The minimum Gasteiger partial charge on any atom is -0.346 e. The fourth-order valence-electron chi connectivity index (χ4n) is 2.27. The van der Waals surface area contributed by atoms with E-state index in [1.165, 1.54) is 36.7 Å². The molecule has 0 radical (unpaired) electrons. The number of carbonyl (C=O) groups excluding carboxylic acids is 2. The van der Waals surface area contributed by atoms with Crippen LogP contribution in [0.2, 0.25) is 0 Å². The third kappa shape index (κ3) is 3.53. The maximum absolute atomic E-state index is 12.1. The standard InChI is InChI=1S/C15H19NO2S/c1-10(12-6-4-3-5-7-12)16-15(18)13-8-14(11(2)17)19-9-13/h6,8-10H,3-5,7H2,1-2H3,(H,16,18)/t10-/m1/s1. The van der Waals surface area contributed by atoms with E-state index in [1.54, 1.807) is 11.4 Å². The number of carbonyl (C=O) groups is 2. The van der Waals surface area contributed by atoms with E-state index in [9.17, 15) is 9.59 Å². The van der Waals surface area contributed by atoms with Crippen LogP contribution >= 0.6 is 11.3 Å². The fraction of sp³-hybridized carbons (Fsp3) is 0.467. The topological polar surface area (TPSA) is 46.2 Å². The molecule has 1 aromatic heterocycles. The molecule has 1 heterocycles. The molecular formula is C15H19NO2S. The lowest BCUT2D eigenvalue weighted by molar-refractivity contribution is 0.0945. The number of amides is 1. The van der Waals surface area contributed by atoms with Crippen LogP contribution in [0.3, 0.4) is 0 Å². The van der Waals surface area contributed by atoms with Gasteiger partial charge in [-0.2, -0.15) is 0 Å². The lowest BCUT2D eigenvalue weighted by Gasteiger charge is -2.20. The third-order valence-corrected chi connectivity index (χ3v) is 4.47. The third-order valence-electron chi connectivity index (χ3n) is 3.44. The SMILES string of the molecule is CC(=O)c1cc(C(=O)N[C@H](C)C2=CCCCC2)cs1. The van der Waals surface area contributed by atoms with E-state index in [4.69, 9.17) is 0 Å². The smallest absolute Gasteiger partial charge is 0.252 e. The molecule has 1 amide bonds. The highest BCUT2D eigenvalue weighted by Gasteiger charge is 2.16. The van der Waals surface area contributed by atoms with Gasteiger partial charge in [0.25, 0.3) is 5.91 Å². The van der Waals surface area contributed by atoms with E-state index < -0.39 is 0 Å². The van der Waals surface area contributed by atoms with Crippen LogP contribution in [0.15, 0.2) is 23.1 Å². The maximum Gasteiger partial charge on any atom is 0.252 e. The lowest BCUT2D eigenvalue weighted by atomic mass is 9.94. The zero-order valence-corrected chi connectivity index (χ0v) is 12.2. The second kappa shape index (κ2) is 6.15. The van der Waals surface area contributed by atoms with Gasteiger partial charge in [-0.15, -0.1) is 11.3 Å². The van der Waals surface area contributed by atoms with Gasteiger partial charge in [0.2, 0.25) is 0 Å². The largest absolute Gasteiger partial charge is 0.346 e. The van der Waals surface area contributed by atoms with Crippen molar-refractivity contribution in [3.8, 4) is 0 Å². The number of rotatable bonds is 4. The average molecular weight is 277 g/mol. The molecule has 0 aromatic carbocycles. The van der Waals surface area contributed by atoms with Crippen LogP contribution < -0.4 is 5.32 Å². The second-order valence-corrected chi connectivity index (χ2v) is 5.89. The molecule has 4 heteroatoms. The molecule has 0 bridgehead atoms. The second-order valence-electron chi connectivity index (χ2n) is 4.98. The summed E-state index contributed by atoms with van der Waals surface area (Å²) in [4.78, 5) is 23.9. The van der Waals surface area contributed by atoms with E-state index in [-0.39, 0.29) is 17.7 Å². The van der Waals surface area contributed by atoms with Crippen LogP contribution in [0, 0.1) is 0 Å². The molecule has 19 heavy (non-hydrogen) atoms. The summed E-state index contributed by atoms with van der Waals surface area (Å²) in [6.07, 6.45) is 6.88. The van der Waals surface area contributed by atoms with Crippen molar-refractivity contribution in [1.29, 1.82) is 0 Å². The summed E-state index contributed by atoms with van der Waals surface area (Å²) >= 11 is 1.32. The van der Waals surface area contributed by atoms with Gasteiger partial charge in [0.05, 0.1) is 10.4 Å². The number of nitrogens with one attached hydrogen (secondary N) is 1. The van der Waals surface area contributed by atoms with Crippen LogP contribution in [0.25, 0.3) is 0 Å². The zero-order valence-electron chi connectivity index (χ0n) is 11.4. The molecular weight excluding hydrogens is 258 g/mol. The van der Waals surface area contributed by atoms with Crippen molar-refractivity contribution in [2.24, 2.45) is 0 Å². The summed E-state index contributed by atoms with van der Waals surface area (Å²) in [7, 11) is 0. The minimum absolute atomic E-state index is 0.00656. The number of Topliss-reactive ketones (excluding diaryl/α,β-unsaturated/α-hetero) is 1. The number of hydrogen-bond acceptors (Lipinski definition) is 3. The Morgan fingerprint density at radius 1 is 1.37 bits per heavy atom. The molecule has 2 rings (SSSR count). The fourth-order valence-corrected chi connectivity index (χ4v) is 3.06. The first-order valence-electron chi connectivity index (χ1n) is 6.67. The van der Waals surface area contributed by atoms with Crippen molar-refractivity contribution >= 4 is 23.0 Å². The Labute approximate surface area is 117 Å². The van der Waals surface area contributed by atoms with Gasteiger partial charge < -0.3 is 5.32 Å². The van der Waals surface area contributed by atoms with E-state index in [1.807, 2.05) is 6.92 Å². The molecule has 0 spiro atoms. The molecule has 0 saturated carbocycles. The first-order valence-corrected chi connectivity index (χ1v) is 7.55. The van der Waals surface area contributed by atoms with Gasteiger partial charge in [0.15, 0.2) is 5.78 Å². The Morgan fingerprint density at radius 3 is 2.74 bits per heavy atom. The van der Waals surface area contributed by atoms with Crippen LogP contribution in [0.4, 0.5) is 0 Å². The van der Waals surface area contributed by atoms with E-state index in [0.717, 1.165) is 12.8 Å². The average Bonchev–Trinajstić information content (AvgIpc) is 2.89. The van der Waals surface area contributed by atoms with Crippen LogP contribution in [0.1, 0.15) is 59.6 Å². The van der Waals surface area contributed by atoms with Crippen LogP contribution in [-0.4, -0.2) is 17.7 Å². The summed E-state index contributed by atoms with van der Waals surface area (Å²) in [5, 5.41) is 4.75. The zero-order chi connectivity index (χ0) is 13.8. The highest BCUT2D eigenvalue weighted by Crippen LogP contribution is 2.21. The molecule has 1 atom stereocenters. The molecule has 0 unspecified atom stereocenters. The summed E-state index contributed by atoms with van der Waals surface area (Å²) in [6.45, 7) is 3.54. The number of thiophene rings is 1. The minimum atomic E-state index is -0.0947. The van der Waals surface area contributed by atoms with E-state index in [0.29, 0.717) is 10.4 Å². The highest BCUT2D eigenvalue weighted by atomic mass is 32.1. The van der Waals surface area contributed by atoms with Gasteiger partial charge in [-0.05, 0) is 45.6 Å². The molecule has 1 aliphatic carbocycles. The highest BCUT2D eigenvalue weighted by molar-refractivity contribution is 7.12. The molecule has 102 valence electrons. The maximum atomic E-state index is 12.1. The predicted octanol–water partition coefficient (Wildman–Crippen LogP) is 3.57. The van der Waals surface area contributed by atoms with Crippen LogP contribution in [0.5, 0.6) is 0 Å². The summed E-state index contributed by atoms with van der Waals surface area (Å²) in [5.74, 6) is -0.0881. The van der Waals surface area contributed by atoms with Gasteiger partial charge in [0.1, 0.15) is 0 Å². The van der Waals surface area contributed by atoms with Crippen molar-refractivity contribution < 1.29 is 9.59 Å². The van der Waals surface area contributed by atoms with Crippen molar-refractivity contribution in [3.63, 3.8) is 0 Å². The molecule has 1 aromatic rings. The van der Waals surface area contributed by atoms with Gasteiger partial charge in [0, 0.05) is 11.4 Å². The Morgan fingerprint density at radius 2 is 2.16 bits per heavy atom. The Hall–Kier alpha value is -1.42. The molecule has 3 nitrogen and oxygen atoms in total. The number of allylic oxidation sites excluding steroid dienone is 1. The Kier molecular flexibility index (Phi) is 4.53. The Balaban J connectivity index is 1.99. The molecule has 0 fully saturated rings. The number of hydrogen-bond donors (Lipinski definition) is 1. The van der Waals surface area contributed by atoms with Gasteiger partial charge >= 0.3 is 0 Å². The summed E-state index contributed by atoms with van der Waals surface area (Å²) in [6, 6.07) is 1.75. The van der Waals surface area contributed by atoms with Crippen molar-refractivity contribution in [3.05, 3.63) is 33.5 Å². The predicted molar refractivity (Wildman–Crippen MR) is 77.8 cm³/mol. The quantitative estimate of drug-likeness (QED) is 0.675. The lowest BCUT2D eigenvalue weighted by Crippen LogP contribution is -2.34. The van der Waals surface area contributed by atoms with Crippen LogP contribution in [-0.2, 0) is 0 Å². The van der Waals surface area contributed by atoms with Gasteiger partial charge in [-0.1, -0.05) is 11.6 Å². The summed E-state index contributed by atoms with van der Waals surface area (Å²) in [5.41, 5.74) is 1.90. The van der Waals surface area contributed by atoms with Gasteiger partial charge in [-0.25, -0.2) is 0 Å². The molecule has 0 aliphatic heterocycles. The molecule has 0 saturated heterocycles. The molecule has 1 N–H and O–H groups in total. The molecule has 1 aliphatic rings.